The van der Waals surface area contributed by atoms with Crippen molar-refractivity contribution < 1.29 is 0 Å². The van der Waals surface area contributed by atoms with Gasteiger partial charge >= 0.3 is 0 Å². The number of hydrogen-bond donors (Lipinski definition) is 0. The van der Waals surface area contributed by atoms with Gasteiger partial charge in [0.05, 0.1) is 11.4 Å². The van der Waals surface area contributed by atoms with Crippen LogP contribution in [0.4, 0.5) is 22.7 Å². The Balaban J connectivity index is 1.89. The van der Waals surface area contributed by atoms with Crippen LogP contribution >= 0.6 is 0 Å². The number of anilines is 4. The molecule has 1 atom stereocenters. The number of aryl methyl sites for hydroxylation is 1. The number of nitrogens with zero attached hydrogens (tertiary/aromatic N) is 2. The fraction of sp³-hybridized carbons (Fsp3) is 0.143. The summed E-state index contributed by atoms with van der Waals surface area (Å²) in [7, 11) is 0. The van der Waals surface area contributed by atoms with Crippen LogP contribution in [0.2, 0.25) is 0 Å². The van der Waals surface area contributed by atoms with Crippen LogP contribution in [0.1, 0.15) is 12.5 Å². The Morgan fingerprint density at radius 1 is 0.609 bits per heavy atom. The Morgan fingerprint density at radius 2 is 1.13 bits per heavy atom. The molecule has 1 heterocycles. The number of rotatable bonds is 2. The predicted octanol–water partition coefficient (Wildman–Crippen LogP) is 5.63. The molecule has 1 unspecified atom stereocenters. The van der Waals surface area contributed by atoms with E-state index in [1.54, 1.807) is 0 Å². The van der Waals surface area contributed by atoms with Gasteiger partial charge in [-0.05, 0) is 49.7 Å². The second kappa shape index (κ2) is 5.47. The van der Waals surface area contributed by atoms with Crippen molar-refractivity contribution in [2.45, 2.75) is 20.0 Å². The first kappa shape index (κ1) is 13.9. The molecular formula is C21H20N2. The molecule has 1 aliphatic rings. The SMILES string of the molecule is Cc1ccccc1N1c2ccccc2N(c2ccccc2)C1C. The van der Waals surface area contributed by atoms with E-state index < -0.39 is 0 Å². The van der Waals surface area contributed by atoms with Gasteiger partial charge in [0.2, 0.25) is 0 Å². The molecule has 3 aromatic rings. The summed E-state index contributed by atoms with van der Waals surface area (Å²) in [5.41, 5.74) is 6.31. The third-order valence-electron chi connectivity index (χ3n) is 4.56. The Kier molecular flexibility index (Phi) is 3.30. The van der Waals surface area contributed by atoms with Crippen LogP contribution in [0.5, 0.6) is 0 Å². The van der Waals surface area contributed by atoms with Gasteiger partial charge in [0, 0.05) is 11.4 Å². The van der Waals surface area contributed by atoms with Crippen molar-refractivity contribution in [2.75, 3.05) is 9.80 Å². The van der Waals surface area contributed by atoms with Gasteiger partial charge < -0.3 is 9.80 Å². The number of hydrogen-bond acceptors (Lipinski definition) is 2. The first-order valence-electron chi connectivity index (χ1n) is 8.05. The summed E-state index contributed by atoms with van der Waals surface area (Å²) in [4.78, 5) is 4.83. The highest BCUT2D eigenvalue weighted by molar-refractivity contribution is 5.88. The molecule has 1 aliphatic heterocycles. The Labute approximate surface area is 137 Å². The fourth-order valence-electron chi connectivity index (χ4n) is 3.50. The predicted molar refractivity (Wildman–Crippen MR) is 97.8 cm³/mol. The Morgan fingerprint density at radius 3 is 1.78 bits per heavy atom. The molecule has 0 bridgehead atoms. The number of benzene rings is 3. The summed E-state index contributed by atoms with van der Waals surface area (Å²) in [6.45, 7) is 4.44. The molecule has 0 amide bonds. The van der Waals surface area contributed by atoms with Crippen LogP contribution in [0.25, 0.3) is 0 Å². The highest BCUT2D eigenvalue weighted by Crippen LogP contribution is 2.47. The zero-order valence-electron chi connectivity index (χ0n) is 13.5. The quantitative estimate of drug-likeness (QED) is 0.605. The van der Waals surface area contributed by atoms with Gasteiger partial charge in [0.25, 0.3) is 0 Å². The van der Waals surface area contributed by atoms with Crippen LogP contribution in [0.3, 0.4) is 0 Å². The van der Waals surface area contributed by atoms with Gasteiger partial charge in [-0.3, -0.25) is 0 Å². The molecule has 2 heteroatoms. The second-order valence-electron chi connectivity index (χ2n) is 5.98. The van der Waals surface area contributed by atoms with Crippen molar-refractivity contribution in [3.05, 3.63) is 84.4 Å². The second-order valence-corrected chi connectivity index (χ2v) is 5.98. The topological polar surface area (TPSA) is 6.48 Å². The molecule has 0 aromatic heterocycles. The van der Waals surface area contributed by atoms with Crippen molar-refractivity contribution in [3.8, 4) is 0 Å². The maximum Gasteiger partial charge on any atom is 0.108 e. The van der Waals surface area contributed by atoms with E-state index in [2.05, 4.69) is 103 Å². The summed E-state index contributed by atoms with van der Waals surface area (Å²) >= 11 is 0. The minimum absolute atomic E-state index is 0.232. The first-order valence-corrected chi connectivity index (χ1v) is 8.05. The van der Waals surface area contributed by atoms with Gasteiger partial charge in [-0.1, -0.05) is 48.5 Å². The molecule has 4 rings (SSSR count). The molecular weight excluding hydrogens is 280 g/mol. The molecule has 114 valence electrons. The van der Waals surface area contributed by atoms with Gasteiger partial charge in [-0.15, -0.1) is 0 Å². The number of para-hydroxylation sites is 4. The van der Waals surface area contributed by atoms with E-state index in [1.165, 1.54) is 28.3 Å². The summed E-state index contributed by atoms with van der Waals surface area (Å²) in [6.07, 6.45) is 0.232. The minimum atomic E-state index is 0.232. The van der Waals surface area contributed by atoms with E-state index in [0.717, 1.165) is 0 Å². The molecule has 0 N–H and O–H groups in total. The van der Waals surface area contributed by atoms with Gasteiger partial charge in [-0.25, -0.2) is 0 Å². The Hall–Kier alpha value is -2.74. The van der Waals surface area contributed by atoms with Crippen LogP contribution in [0.15, 0.2) is 78.9 Å². The van der Waals surface area contributed by atoms with E-state index >= 15 is 0 Å². The number of fused-ring (bicyclic) bond motifs is 1. The van der Waals surface area contributed by atoms with Crippen molar-refractivity contribution in [2.24, 2.45) is 0 Å². The largest absolute Gasteiger partial charge is 0.319 e. The molecule has 0 fully saturated rings. The summed E-state index contributed by atoms with van der Waals surface area (Å²) < 4.78 is 0. The average Bonchev–Trinajstić information content (AvgIpc) is 2.88. The maximum atomic E-state index is 2.43. The first-order chi connectivity index (χ1) is 11.3. The van der Waals surface area contributed by atoms with Crippen LogP contribution < -0.4 is 9.80 Å². The van der Waals surface area contributed by atoms with Gasteiger partial charge in [0.15, 0.2) is 0 Å². The standard InChI is InChI=1S/C21H20N2/c1-16-10-6-7-13-19(16)23-17(2)22(18-11-4-3-5-12-18)20-14-8-9-15-21(20)23/h3-15,17H,1-2H3. The van der Waals surface area contributed by atoms with E-state index in [0.29, 0.717) is 0 Å². The van der Waals surface area contributed by atoms with Crippen LogP contribution in [-0.2, 0) is 0 Å². The van der Waals surface area contributed by atoms with Crippen LogP contribution in [-0.4, -0.2) is 6.17 Å². The maximum absolute atomic E-state index is 2.43. The molecule has 0 spiro atoms. The van der Waals surface area contributed by atoms with E-state index in [1.807, 2.05) is 0 Å². The normalized spacial score (nSPS) is 16.5. The highest BCUT2D eigenvalue weighted by Gasteiger charge is 2.34. The molecule has 0 saturated heterocycles. The monoisotopic (exact) mass is 300 g/mol. The summed E-state index contributed by atoms with van der Waals surface area (Å²) in [6, 6.07) is 27.9. The summed E-state index contributed by atoms with van der Waals surface area (Å²) in [5.74, 6) is 0. The fourth-order valence-corrected chi connectivity index (χ4v) is 3.50. The van der Waals surface area contributed by atoms with Crippen molar-refractivity contribution in [3.63, 3.8) is 0 Å². The third-order valence-corrected chi connectivity index (χ3v) is 4.56. The molecule has 2 nitrogen and oxygen atoms in total. The molecule has 0 aliphatic carbocycles. The average molecular weight is 300 g/mol. The molecule has 3 aromatic carbocycles. The lowest BCUT2D eigenvalue weighted by molar-refractivity contribution is 0.759. The van der Waals surface area contributed by atoms with Crippen molar-refractivity contribution >= 4 is 22.7 Å². The Bertz CT molecular complexity index is 826. The van der Waals surface area contributed by atoms with Crippen molar-refractivity contribution in [1.29, 1.82) is 0 Å². The third kappa shape index (κ3) is 2.18. The van der Waals surface area contributed by atoms with E-state index in [-0.39, 0.29) is 6.17 Å². The zero-order chi connectivity index (χ0) is 15.8. The lowest BCUT2D eigenvalue weighted by Crippen LogP contribution is -2.35. The van der Waals surface area contributed by atoms with E-state index in [9.17, 15) is 0 Å². The molecule has 23 heavy (non-hydrogen) atoms. The summed E-state index contributed by atoms with van der Waals surface area (Å²) in [5, 5.41) is 0. The van der Waals surface area contributed by atoms with Crippen LogP contribution in [0, 0.1) is 6.92 Å². The smallest absolute Gasteiger partial charge is 0.108 e. The lowest BCUT2D eigenvalue weighted by atomic mass is 10.1. The van der Waals surface area contributed by atoms with Gasteiger partial charge in [0.1, 0.15) is 6.17 Å². The lowest BCUT2D eigenvalue weighted by Gasteiger charge is -2.31. The molecule has 0 radical (unpaired) electrons. The van der Waals surface area contributed by atoms with Crippen molar-refractivity contribution in [1.82, 2.24) is 0 Å². The minimum Gasteiger partial charge on any atom is -0.319 e. The molecule has 0 saturated carbocycles. The zero-order valence-corrected chi connectivity index (χ0v) is 13.5. The highest BCUT2D eigenvalue weighted by atomic mass is 15.4. The van der Waals surface area contributed by atoms with Gasteiger partial charge in [-0.2, -0.15) is 0 Å². The van der Waals surface area contributed by atoms with E-state index in [4.69, 9.17) is 0 Å².